The quantitative estimate of drug-likeness (QED) is 0.496. The smallest absolute Gasteiger partial charge is 0.257 e. The zero-order chi connectivity index (χ0) is 10.9. The monoisotopic (exact) mass is 244 g/mol. The molecule has 84 valence electrons. The van der Waals surface area contributed by atoms with Crippen LogP contribution in [0, 0.1) is 12.3 Å². The fourth-order valence-electron chi connectivity index (χ4n) is 0.207. The summed E-state index contributed by atoms with van der Waals surface area (Å²) < 4.78 is 50.5. The molecule has 0 amide bonds. The summed E-state index contributed by atoms with van der Waals surface area (Å²) in [5.74, 6) is 2.02. The van der Waals surface area contributed by atoms with Crippen LogP contribution >= 0.6 is 0 Å². The number of hydrogen-bond donors (Lipinski definition) is 0. The molecule has 0 unspecified atom stereocenters. The highest BCUT2D eigenvalue weighted by Crippen LogP contribution is 1.89. The molecule has 0 spiro atoms. The third-order valence-electron chi connectivity index (χ3n) is 0.675. The van der Waals surface area contributed by atoms with Crippen LogP contribution in [0.3, 0.4) is 0 Å². The van der Waals surface area contributed by atoms with E-state index in [2.05, 4.69) is 10.1 Å². The minimum absolute atomic E-state index is 0. The average Bonchev–Trinajstić information content (AvgIpc) is 2.00. The van der Waals surface area contributed by atoms with Gasteiger partial charge in [0.2, 0.25) is 0 Å². The SMILES string of the molecule is C.C#CCOS(=O)(=O)CC.O=S(=O)=O. The fraction of sp³-hybridized carbons (Fsp3) is 0.667. The Hall–Kier alpha value is -0.910. The summed E-state index contributed by atoms with van der Waals surface area (Å²) >= 11 is 0. The second-order valence-corrected chi connectivity index (χ2v) is 3.85. The van der Waals surface area contributed by atoms with E-state index in [-0.39, 0.29) is 19.8 Å². The lowest BCUT2D eigenvalue weighted by atomic mass is 10.8. The summed E-state index contributed by atoms with van der Waals surface area (Å²) in [7, 11) is -6.44. The van der Waals surface area contributed by atoms with Crippen molar-refractivity contribution in [3.8, 4) is 12.3 Å². The van der Waals surface area contributed by atoms with E-state index in [1.807, 2.05) is 0 Å². The Kier molecular flexibility index (Phi) is 13.7. The van der Waals surface area contributed by atoms with Crippen molar-refractivity contribution in [3.05, 3.63) is 0 Å². The molecule has 0 aromatic carbocycles. The van der Waals surface area contributed by atoms with E-state index in [9.17, 15) is 8.42 Å². The van der Waals surface area contributed by atoms with Crippen LogP contribution in [0.4, 0.5) is 0 Å². The molecule has 0 aliphatic heterocycles. The summed E-state index contributed by atoms with van der Waals surface area (Å²) in [6.07, 6.45) is 4.75. The maximum absolute atomic E-state index is 10.4. The largest absolute Gasteiger partial charge is 0.425 e. The molecule has 0 radical (unpaired) electrons. The lowest BCUT2D eigenvalue weighted by molar-refractivity contribution is 0.364. The molecule has 0 N–H and O–H groups in total. The maximum atomic E-state index is 10.4. The van der Waals surface area contributed by atoms with Gasteiger partial charge in [0.1, 0.15) is 6.61 Å². The van der Waals surface area contributed by atoms with Crippen molar-refractivity contribution in [3.63, 3.8) is 0 Å². The highest BCUT2D eigenvalue weighted by Gasteiger charge is 2.03. The molecule has 0 heterocycles. The predicted octanol–water partition coefficient (Wildman–Crippen LogP) is -0.382. The van der Waals surface area contributed by atoms with Gasteiger partial charge in [-0.15, -0.1) is 19.1 Å². The van der Waals surface area contributed by atoms with Crippen molar-refractivity contribution in [2.45, 2.75) is 14.4 Å². The maximum Gasteiger partial charge on any atom is 0.425 e. The van der Waals surface area contributed by atoms with E-state index in [0.29, 0.717) is 0 Å². The van der Waals surface area contributed by atoms with Gasteiger partial charge in [-0.25, -0.2) is 0 Å². The fourth-order valence-corrected chi connectivity index (χ4v) is 0.621. The minimum atomic E-state index is -3.32. The molecule has 14 heavy (non-hydrogen) atoms. The standard InChI is InChI=1S/C5H8O3S.CH4.O3S/c1-3-5-8-9(6,7)4-2;;1-4(2)3/h1H,4-5H2,2H3;1H4;. The molecule has 0 rings (SSSR count). The Balaban J connectivity index is -0.000000209. The van der Waals surface area contributed by atoms with E-state index in [4.69, 9.17) is 19.1 Å². The molecule has 6 nitrogen and oxygen atoms in total. The lowest BCUT2D eigenvalue weighted by Gasteiger charge is -1.95. The van der Waals surface area contributed by atoms with Gasteiger partial charge in [-0.1, -0.05) is 13.3 Å². The van der Waals surface area contributed by atoms with Gasteiger partial charge < -0.3 is 0 Å². The molecule has 0 aliphatic carbocycles. The Morgan fingerprint density at radius 1 is 1.36 bits per heavy atom. The second kappa shape index (κ2) is 10.2. The van der Waals surface area contributed by atoms with Gasteiger partial charge in [0.25, 0.3) is 10.1 Å². The normalized spacial score (nSPS) is 8.57. The Morgan fingerprint density at radius 3 is 1.93 bits per heavy atom. The number of hydrogen-bond acceptors (Lipinski definition) is 6. The first-order valence-corrected chi connectivity index (χ1v) is 5.50. The summed E-state index contributed by atoms with van der Waals surface area (Å²) in [6, 6.07) is 0. The summed E-state index contributed by atoms with van der Waals surface area (Å²) in [4.78, 5) is 0. The topological polar surface area (TPSA) is 94.6 Å². The van der Waals surface area contributed by atoms with Crippen LogP contribution in [-0.4, -0.2) is 33.4 Å². The van der Waals surface area contributed by atoms with Crippen molar-refractivity contribution < 1.29 is 25.2 Å². The number of terminal acetylenes is 1. The van der Waals surface area contributed by atoms with Crippen LogP contribution < -0.4 is 0 Å². The van der Waals surface area contributed by atoms with Gasteiger partial charge in [-0.05, 0) is 6.92 Å². The van der Waals surface area contributed by atoms with Crippen LogP contribution in [-0.2, 0) is 24.9 Å². The van der Waals surface area contributed by atoms with Crippen molar-refractivity contribution in [2.24, 2.45) is 0 Å². The molecule has 0 atom stereocenters. The van der Waals surface area contributed by atoms with E-state index in [0.717, 1.165) is 0 Å². The molecule has 0 aromatic heterocycles. The van der Waals surface area contributed by atoms with Crippen LogP contribution in [0.25, 0.3) is 0 Å². The van der Waals surface area contributed by atoms with Crippen molar-refractivity contribution >= 4 is 20.7 Å². The van der Waals surface area contributed by atoms with Gasteiger partial charge in [-0.3, -0.25) is 4.18 Å². The van der Waals surface area contributed by atoms with Crippen molar-refractivity contribution in [1.29, 1.82) is 0 Å². The molecule has 0 saturated carbocycles. The Labute approximate surface area is 85.5 Å². The van der Waals surface area contributed by atoms with Crippen LogP contribution in [0.15, 0.2) is 0 Å². The Morgan fingerprint density at radius 2 is 1.71 bits per heavy atom. The second-order valence-electron chi connectivity index (χ2n) is 1.52. The van der Waals surface area contributed by atoms with Crippen LogP contribution in [0.2, 0.25) is 0 Å². The summed E-state index contributed by atoms with van der Waals surface area (Å²) in [5.41, 5.74) is 0. The molecule has 0 fully saturated rings. The van der Waals surface area contributed by atoms with Gasteiger partial charge in [0.15, 0.2) is 0 Å². The Bertz CT molecular complexity index is 349. The molecule has 0 aliphatic rings. The van der Waals surface area contributed by atoms with Gasteiger partial charge in [0.05, 0.1) is 5.75 Å². The zero-order valence-electron chi connectivity index (χ0n) is 6.76. The third-order valence-corrected chi connectivity index (χ3v) is 1.86. The van der Waals surface area contributed by atoms with Crippen LogP contribution in [0.5, 0.6) is 0 Å². The summed E-state index contributed by atoms with van der Waals surface area (Å²) in [5, 5.41) is 0. The van der Waals surface area contributed by atoms with E-state index in [1.54, 1.807) is 0 Å². The molecular formula is C6H12O6S2. The zero-order valence-corrected chi connectivity index (χ0v) is 8.39. The van der Waals surface area contributed by atoms with Crippen molar-refractivity contribution in [1.82, 2.24) is 0 Å². The molecule has 0 bridgehead atoms. The minimum Gasteiger partial charge on any atom is -0.257 e. The number of rotatable bonds is 3. The van der Waals surface area contributed by atoms with Gasteiger partial charge >= 0.3 is 10.6 Å². The molecular weight excluding hydrogens is 232 g/mol. The van der Waals surface area contributed by atoms with Gasteiger partial charge in [0, 0.05) is 0 Å². The third kappa shape index (κ3) is 22.5. The predicted molar refractivity (Wildman–Crippen MR) is 50.7 cm³/mol. The molecule has 0 saturated heterocycles. The van der Waals surface area contributed by atoms with Crippen molar-refractivity contribution in [2.75, 3.05) is 12.4 Å². The van der Waals surface area contributed by atoms with E-state index >= 15 is 0 Å². The van der Waals surface area contributed by atoms with E-state index < -0.39 is 20.7 Å². The van der Waals surface area contributed by atoms with Crippen LogP contribution in [0.1, 0.15) is 14.4 Å². The average molecular weight is 244 g/mol. The molecule has 8 heteroatoms. The summed E-state index contributed by atoms with van der Waals surface area (Å²) in [6.45, 7) is 1.32. The van der Waals surface area contributed by atoms with E-state index in [1.165, 1.54) is 6.92 Å². The first kappa shape index (κ1) is 18.8. The first-order chi connectivity index (χ1) is 5.85. The first-order valence-electron chi connectivity index (χ1n) is 2.93. The lowest BCUT2D eigenvalue weighted by Crippen LogP contribution is -2.07. The highest BCUT2D eigenvalue weighted by atomic mass is 32.2. The molecule has 0 aromatic rings. The highest BCUT2D eigenvalue weighted by molar-refractivity contribution is 7.86. The van der Waals surface area contributed by atoms with Gasteiger partial charge in [-0.2, -0.15) is 8.42 Å².